The van der Waals surface area contributed by atoms with Gasteiger partial charge in [0.05, 0.1) is 5.56 Å². The molecule has 0 spiro atoms. The number of aromatic nitrogens is 1. The summed E-state index contributed by atoms with van der Waals surface area (Å²) in [7, 11) is 1.87. The fraction of sp³-hybridized carbons (Fsp3) is 0.615. The van der Waals surface area contributed by atoms with E-state index in [-0.39, 0.29) is 0 Å². The standard InChI is InChI=1S/C13H18F3N3/c1-19(9-10-3-2-6-17-7-10)12-5-4-11(8-18-12)13(14,15)16/h4-5,8,10,17H,2-3,6-7,9H2,1H3. The van der Waals surface area contributed by atoms with Gasteiger partial charge >= 0.3 is 6.18 Å². The lowest BCUT2D eigenvalue weighted by Crippen LogP contribution is -2.37. The average molecular weight is 273 g/mol. The molecule has 6 heteroatoms. The van der Waals surface area contributed by atoms with Crippen molar-refractivity contribution in [1.29, 1.82) is 0 Å². The van der Waals surface area contributed by atoms with Gasteiger partial charge in [-0.25, -0.2) is 4.98 Å². The lowest BCUT2D eigenvalue weighted by atomic mass is 9.99. The number of piperidine rings is 1. The van der Waals surface area contributed by atoms with E-state index in [9.17, 15) is 13.2 Å². The summed E-state index contributed by atoms with van der Waals surface area (Å²) in [6.07, 6.45) is -1.13. The van der Waals surface area contributed by atoms with Crippen molar-refractivity contribution in [3.63, 3.8) is 0 Å². The first-order valence-corrected chi connectivity index (χ1v) is 6.42. The predicted molar refractivity (Wildman–Crippen MR) is 68.1 cm³/mol. The third-order valence-electron chi connectivity index (χ3n) is 3.40. The van der Waals surface area contributed by atoms with E-state index >= 15 is 0 Å². The first kappa shape index (κ1) is 14.1. The average Bonchev–Trinajstić information content (AvgIpc) is 2.39. The molecule has 1 aliphatic rings. The maximum atomic E-state index is 12.4. The fourth-order valence-electron chi connectivity index (χ4n) is 2.34. The van der Waals surface area contributed by atoms with Gasteiger partial charge in [-0.2, -0.15) is 13.2 Å². The highest BCUT2D eigenvalue weighted by atomic mass is 19.4. The van der Waals surface area contributed by atoms with Crippen LogP contribution < -0.4 is 10.2 Å². The molecule has 1 atom stereocenters. The topological polar surface area (TPSA) is 28.2 Å². The molecule has 1 aromatic heterocycles. The Labute approximate surface area is 110 Å². The van der Waals surface area contributed by atoms with Crippen LogP contribution in [0.25, 0.3) is 0 Å². The Hall–Kier alpha value is -1.30. The third-order valence-corrected chi connectivity index (χ3v) is 3.40. The second-order valence-electron chi connectivity index (χ2n) is 5.00. The summed E-state index contributed by atoms with van der Waals surface area (Å²) in [5.74, 6) is 1.11. The minimum absolute atomic E-state index is 0.530. The van der Waals surface area contributed by atoms with E-state index in [2.05, 4.69) is 10.3 Å². The van der Waals surface area contributed by atoms with Gasteiger partial charge in [0.1, 0.15) is 5.82 Å². The molecule has 19 heavy (non-hydrogen) atoms. The van der Waals surface area contributed by atoms with Crippen LogP contribution in [0, 0.1) is 5.92 Å². The van der Waals surface area contributed by atoms with Crippen molar-refractivity contribution < 1.29 is 13.2 Å². The van der Waals surface area contributed by atoms with Gasteiger partial charge in [0.25, 0.3) is 0 Å². The van der Waals surface area contributed by atoms with E-state index in [1.807, 2.05) is 11.9 Å². The van der Waals surface area contributed by atoms with Gasteiger partial charge in [-0.3, -0.25) is 0 Å². The quantitative estimate of drug-likeness (QED) is 0.917. The first-order valence-electron chi connectivity index (χ1n) is 6.42. The van der Waals surface area contributed by atoms with Crippen molar-refractivity contribution in [2.75, 3.05) is 31.6 Å². The molecule has 2 heterocycles. The zero-order chi connectivity index (χ0) is 13.9. The van der Waals surface area contributed by atoms with Gasteiger partial charge in [0, 0.05) is 19.8 Å². The minimum Gasteiger partial charge on any atom is -0.359 e. The molecule has 1 N–H and O–H groups in total. The van der Waals surface area contributed by atoms with Gasteiger partial charge in [-0.1, -0.05) is 0 Å². The van der Waals surface area contributed by atoms with Gasteiger partial charge in [0.2, 0.25) is 0 Å². The summed E-state index contributed by atoms with van der Waals surface area (Å²) in [5.41, 5.74) is -0.705. The van der Waals surface area contributed by atoms with E-state index in [1.54, 1.807) is 0 Å². The summed E-state index contributed by atoms with van der Waals surface area (Å²) < 4.78 is 37.3. The van der Waals surface area contributed by atoms with E-state index in [0.717, 1.165) is 44.7 Å². The molecule has 106 valence electrons. The maximum Gasteiger partial charge on any atom is 0.417 e. The zero-order valence-corrected chi connectivity index (χ0v) is 10.9. The first-order chi connectivity index (χ1) is 8.97. The SMILES string of the molecule is CN(CC1CCCNC1)c1ccc(C(F)(F)F)cn1. The number of rotatable bonds is 3. The molecule has 1 unspecified atom stereocenters. The molecule has 0 bridgehead atoms. The normalized spacial score (nSPS) is 20.3. The van der Waals surface area contributed by atoms with E-state index in [0.29, 0.717) is 11.7 Å². The Morgan fingerprint density at radius 2 is 2.21 bits per heavy atom. The zero-order valence-electron chi connectivity index (χ0n) is 10.9. The van der Waals surface area contributed by atoms with Crippen LogP contribution in [-0.2, 0) is 6.18 Å². The smallest absolute Gasteiger partial charge is 0.359 e. The summed E-state index contributed by atoms with van der Waals surface area (Å²) in [4.78, 5) is 5.81. The predicted octanol–water partition coefficient (Wildman–Crippen LogP) is 2.54. The molecule has 0 aromatic carbocycles. The van der Waals surface area contributed by atoms with E-state index < -0.39 is 11.7 Å². The lowest BCUT2D eigenvalue weighted by Gasteiger charge is -2.28. The monoisotopic (exact) mass is 273 g/mol. The van der Waals surface area contributed by atoms with Crippen LogP contribution in [0.1, 0.15) is 18.4 Å². The van der Waals surface area contributed by atoms with E-state index in [4.69, 9.17) is 0 Å². The third kappa shape index (κ3) is 3.83. The highest BCUT2D eigenvalue weighted by Crippen LogP contribution is 2.29. The molecular formula is C13H18F3N3. The Bertz CT molecular complexity index is 397. The van der Waals surface area contributed by atoms with E-state index in [1.165, 1.54) is 6.07 Å². The van der Waals surface area contributed by atoms with Crippen LogP contribution >= 0.6 is 0 Å². The number of hydrogen-bond donors (Lipinski definition) is 1. The number of anilines is 1. The second kappa shape index (κ2) is 5.77. The number of halogens is 3. The molecule has 0 aliphatic carbocycles. The molecular weight excluding hydrogens is 255 g/mol. The number of nitrogens with zero attached hydrogens (tertiary/aromatic N) is 2. The molecule has 1 aliphatic heterocycles. The van der Waals surface area contributed by atoms with Crippen molar-refractivity contribution in [3.05, 3.63) is 23.9 Å². The molecule has 1 aromatic rings. The number of pyridine rings is 1. The number of nitrogens with one attached hydrogen (secondary N) is 1. The Morgan fingerprint density at radius 3 is 2.74 bits per heavy atom. The summed E-state index contributed by atoms with van der Waals surface area (Å²) in [6.45, 7) is 2.83. The Kier molecular flexibility index (Phi) is 4.29. The van der Waals surface area contributed by atoms with Crippen LogP contribution in [0.2, 0.25) is 0 Å². The molecule has 1 saturated heterocycles. The number of alkyl halides is 3. The van der Waals surface area contributed by atoms with Gasteiger partial charge < -0.3 is 10.2 Å². The van der Waals surface area contributed by atoms with Crippen LogP contribution in [0.5, 0.6) is 0 Å². The van der Waals surface area contributed by atoms with Gasteiger partial charge in [0.15, 0.2) is 0 Å². The summed E-state index contributed by atoms with van der Waals surface area (Å²) in [6, 6.07) is 2.51. The summed E-state index contributed by atoms with van der Waals surface area (Å²) in [5, 5.41) is 3.32. The maximum absolute atomic E-state index is 12.4. The molecule has 0 amide bonds. The summed E-state index contributed by atoms with van der Waals surface area (Å²) >= 11 is 0. The molecule has 2 rings (SSSR count). The van der Waals surface area contributed by atoms with Crippen LogP contribution in [-0.4, -0.2) is 31.7 Å². The molecule has 0 saturated carbocycles. The number of hydrogen-bond acceptors (Lipinski definition) is 3. The van der Waals surface area contributed by atoms with Crippen LogP contribution in [0.3, 0.4) is 0 Å². The van der Waals surface area contributed by atoms with Gasteiger partial charge in [-0.05, 0) is 44.0 Å². The van der Waals surface area contributed by atoms with Crippen LogP contribution in [0.15, 0.2) is 18.3 Å². The van der Waals surface area contributed by atoms with Crippen LogP contribution in [0.4, 0.5) is 19.0 Å². The highest BCUT2D eigenvalue weighted by Gasteiger charge is 2.30. The van der Waals surface area contributed by atoms with Crippen molar-refractivity contribution >= 4 is 5.82 Å². The lowest BCUT2D eigenvalue weighted by molar-refractivity contribution is -0.137. The van der Waals surface area contributed by atoms with Crippen molar-refractivity contribution in [3.8, 4) is 0 Å². The van der Waals surface area contributed by atoms with Gasteiger partial charge in [-0.15, -0.1) is 0 Å². The van der Waals surface area contributed by atoms with Crippen molar-refractivity contribution in [2.45, 2.75) is 19.0 Å². The minimum atomic E-state index is -4.32. The highest BCUT2D eigenvalue weighted by molar-refractivity contribution is 5.38. The largest absolute Gasteiger partial charge is 0.417 e. The Balaban J connectivity index is 1.97. The molecule has 0 radical (unpaired) electrons. The Morgan fingerprint density at radius 1 is 1.42 bits per heavy atom. The van der Waals surface area contributed by atoms with Crippen molar-refractivity contribution in [2.24, 2.45) is 5.92 Å². The molecule has 1 fully saturated rings. The molecule has 3 nitrogen and oxygen atoms in total. The fourth-order valence-corrected chi connectivity index (χ4v) is 2.34. The second-order valence-corrected chi connectivity index (χ2v) is 5.00. The van der Waals surface area contributed by atoms with Crippen molar-refractivity contribution in [1.82, 2.24) is 10.3 Å².